The Morgan fingerprint density at radius 3 is 2.86 bits per heavy atom. The average Bonchev–Trinajstić information content (AvgIpc) is 2.91. The normalized spacial score (nSPS) is 11.1. The van der Waals surface area contributed by atoms with Gasteiger partial charge in [0.1, 0.15) is 10.5 Å². The zero-order chi connectivity index (χ0) is 14.7. The largest absolute Gasteiger partial charge is 0.328 e. The second kappa shape index (κ2) is 6.50. The van der Waals surface area contributed by atoms with Gasteiger partial charge in [-0.15, -0.1) is 0 Å². The molecule has 0 atom stereocenters. The van der Waals surface area contributed by atoms with Crippen LogP contribution >= 0.6 is 23.4 Å². The van der Waals surface area contributed by atoms with Crippen molar-refractivity contribution in [2.45, 2.75) is 30.7 Å². The van der Waals surface area contributed by atoms with E-state index in [0.29, 0.717) is 0 Å². The third kappa shape index (κ3) is 3.06. The first-order valence-electron chi connectivity index (χ1n) is 6.95. The molecule has 108 valence electrons. The summed E-state index contributed by atoms with van der Waals surface area (Å²) in [6.45, 7) is 3.13. The molecule has 0 fully saturated rings. The van der Waals surface area contributed by atoms with E-state index in [2.05, 4.69) is 27.5 Å². The standard InChI is InChI=1S/C16H16ClN3S/c1-2-9-20-11-19-14-7-8-18-16(15(14)20)21-10-12-5-3-4-6-13(12)17/h3-8,11H,2,9-10H2,1H3. The fourth-order valence-corrected chi connectivity index (χ4v) is 3.59. The number of pyridine rings is 1. The lowest BCUT2D eigenvalue weighted by atomic mass is 10.2. The summed E-state index contributed by atoms with van der Waals surface area (Å²) in [5.41, 5.74) is 3.25. The minimum absolute atomic E-state index is 0.805. The van der Waals surface area contributed by atoms with E-state index in [4.69, 9.17) is 11.6 Å². The number of hydrogen-bond acceptors (Lipinski definition) is 3. The maximum absolute atomic E-state index is 6.22. The summed E-state index contributed by atoms with van der Waals surface area (Å²) in [5, 5.41) is 1.82. The van der Waals surface area contributed by atoms with Crippen LogP contribution in [0.25, 0.3) is 11.0 Å². The highest BCUT2D eigenvalue weighted by atomic mass is 35.5. The Morgan fingerprint density at radius 2 is 2.05 bits per heavy atom. The van der Waals surface area contributed by atoms with Gasteiger partial charge in [0, 0.05) is 23.5 Å². The number of nitrogens with zero attached hydrogens (tertiary/aromatic N) is 3. The molecule has 3 rings (SSSR count). The number of benzene rings is 1. The summed E-state index contributed by atoms with van der Waals surface area (Å²) < 4.78 is 2.18. The quantitative estimate of drug-likeness (QED) is 0.634. The lowest BCUT2D eigenvalue weighted by molar-refractivity contribution is 0.692. The summed E-state index contributed by atoms with van der Waals surface area (Å²) in [6, 6.07) is 9.90. The number of aryl methyl sites for hydroxylation is 1. The van der Waals surface area contributed by atoms with E-state index >= 15 is 0 Å². The summed E-state index contributed by atoms with van der Waals surface area (Å²) in [7, 11) is 0. The predicted octanol–water partition coefficient (Wildman–Crippen LogP) is 4.79. The maximum Gasteiger partial charge on any atom is 0.122 e. The molecule has 0 radical (unpaired) electrons. The second-order valence-corrected chi connectivity index (χ2v) is 6.17. The summed E-state index contributed by atoms with van der Waals surface area (Å²) in [6.07, 6.45) is 4.80. The zero-order valence-corrected chi connectivity index (χ0v) is 13.4. The van der Waals surface area contributed by atoms with Gasteiger partial charge in [-0.2, -0.15) is 0 Å². The molecule has 0 bridgehead atoms. The number of imidazole rings is 1. The van der Waals surface area contributed by atoms with Crippen molar-refractivity contribution in [1.29, 1.82) is 0 Å². The Kier molecular flexibility index (Phi) is 4.46. The van der Waals surface area contributed by atoms with Crippen LogP contribution in [0.4, 0.5) is 0 Å². The van der Waals surface area contributed by atoms with Crippen LogP contribution in [0.2, 0.25) is 5.02 Å². The number of halogens is 1. The highest BCUT2D eigenvalue weighted by molar-refractivity contribution is 7.98. The summed E-state index contributed by atoms with van der Waals surface area (Å²) in [4.78, 5) is 8.98. The molecular formula is C16H16ClN3S. The lowest BCUT2D eigenvalue weighted by Gasteiger charge is -2.07. The van der Waals surface area contributed by atoms with Gasteiger partial charge < -0.3 is 4.57 Å². The fourth-order valence-electron chi connectivity index (χ4n) is 2.27. The van der Waals surface area contributed by atoms with Crippen molar-refractivity contribution >= 4 is 34.4 Å². The van der Waals surface area contributed by atoms with Gasteiger partial charge in [-0.05, 0) is 24.1 Å². The lowest BCUT2D eigenvalue weighted by Crippen LogP contribution is -1.96. The first-order chi connectivity index (χ1) is 10.3. The highest BCUT2D eigenvalue weighted by Crippen LogP contribution is 2.30. The Bertz CT molecular complexity index is 754. The van der Waals surface area contributed by atoms with Gasteiger partial charge in [0.15, 0.2) is 0 Å². The molecule has 0 saturated heterocycles. The summed E-state index contributed by atoms with van der Waals surface area (Å²) >= 11 is 7.92. The Labute approximate surface area is 133 Å². The molecule has 0 unspecified atom stereocenters. The van der Waals surface area contributed by atoms with E-state index in [0.717, 1.165) is 45.4 Å². The maximum atomic E-state index is 6.22. The second-order valence-electron chi connectivity index (χ2n) is 4.80. The van der Waals surface area contributed by atoms with Gasteiger partial charge in [0.25, 0.3) is 0 Å². The zero-order valence-electron chi connectivity index (χ0n) is 11.8. The van der Waals surface area contributed by atoms with Crippen LogP contribution < -0.4 is 0 Å². The van der Waals surface area contributed by atoms with Crippen molar-refractivity contribution < 1.29 is 0 Å². The van der Waals surface area contributed by atoms with Crippen molar-refractivity contribution in [3.8, 4) is 0 Å². The van der Waals surface area contributed by atoms with Crippen LogP contribution in [0.3, 0.4) is 0 Å². The first kappa shape index (κ1) is 14.4. The van der Waals surface area contributed by atoms with Crippen molar-refractivity contribution in [3.63, 3.8) is 0 Å². The molecular weight excluding hydrogens is 302 g/mol. The molecule has 1 aromatic carbocycles. The van der Waals surface area contributed by atoms with Crippen LogP contribution in [0.1, 0.15) is 18.9 Å². The number of hydrogen-bond donors (Lipinski definition) is 0. The molecule has 0 N–H and O–H groups in total. The highest BCUT2D eigenvalue weighted by Gasteiger charge is 2.10. The van der Waals surface area contributed by atoms with Gasteiger partial charge in [-0.25, -0.2) is 9.97 Å². The van der Waals surface area contributed by atoms with Crippen LogP contribution in [-0.2, 0) is 12.3 Å². The SMILES string of the molecule is CCCn1cnc2ccnc(SCc3ccccc3Cl)c21. The van der Waals surface area contributed by atoms with E-state index in [1.54, 1.807) is 11.8 Å². The van der Waals surface area contributed by atoms with Crippen molar-refractivity contribution in [2.24, 2.45) is 0 Å². The van der Waals surface area contributed by atoms with Crippen molar-refractivity contribution in [2.75, 3.05) is 0 Å². The fraction of sp³-hybridized carbons (Fsp3) is 0.250. The van der Waals surface area contributed by atoms with Crippen LogP contribution in [-0.4, -0.2) is 14.5 Å². The third-order valence-electron chi connectivity index (χ3n) is 3.28. The number of rotatable bonds is 5. The minimum Gasteiger partial charge on any atom is -0.328 e. The van der Waals surface area contributed by atoms with Gasteiger partial charge in [0.05, 0.1) is 11.8 Å². The number of aromatic nitrogens is 3. The van der Waals surface area contributed by atoms with Gasteiger partial charge in [0.2, 0.25) is 0 Å². The van der Waals surface area contributed by atoms with Gasteiger partial charge >= 0.3 is 0 Å². The van der Waals surface area contributed by atoms with Gasteiger partial charge in [-0.1, -0.05) is 48.5 Å². The monoisotopic (exact) mass is 317 g/mol. The van der Waals surface area contributed by atoms with Gasteiger partial charge in [-0.3, -0.25) is 0 Å². The number of thioether (sulfide) groups is 1. The molecule has 3 nitrogen and oxygen atoms in total. The first-order valence-corrected chi connectivity index (χ1v) is 8.32. The molecule has 0 amide bonds. The van der Waals surface area contributed by atoms with Crippen molar-refractivity contribution in [1.82, 2.24) is 14.5 Å². The molecule has 0 aliphatic carbocycles. The molecule has 0 saturated carbocycles. The molecule has 21 heavy (non-hydrogen) atoms. The Balaban J connectivity index is 1.90. The van der Waals surface area contributed by atoms with E-state index in [-0.39, 0.29) is 0 Å². The average molecular weight is 318 g/mol. The molecule has 2 aromatic heterocycles. The molecule has 3 aromatic rings. The van der Waals surface area contributed by atoms with Crippen LogP contribution in [0.5, 0.6) is 0 Å². The van der Waals surface area contributed by atoms with Crippen molar-refractivity contribution in [3.05, 3.63) is 53.4 Å². The molecule has 0 spiro atoms. The summed E-state index contributed by atoms with van der Waals surface area (Å²) in [5.74, 6) is 0.809. The van der Waals surface area contributed by atoms with E-state index in [1.807, 2.05) is 36.8 Å². The van der Waals surface area contributed by atoms with E-state index in [1.165, 1.54) is 0 Å². The molecule has 2 heterocycles. The third-order valence-corrected chi connectivity index (χ3v) is 4.68. The Hall–Kier alpha value is -1.52. The van der Waals surface area contributed by atoms with Crippen LogP contribution in [0.15, 0.2) is 47.9 Å². The van der Waals surface area contributed by atoms with Crippen LogP contribution in [0, 0.1) is 0 Å². The topological polar surface area (TPSA) is 30.7 Å². The van der Waals surface area contributed by atoms with E-state index < -0.39 is 0 Å². The van der Waals surface area contributed by atoms with E-state index in [9.17, 15) is 0 Å². The molecule has 5 heteroatoms. The predicted molar refractivity (Wildman–Crippen MR) is 88.8 cm³/mol. The Morgan fingerprint density at radius 1 is 1.19 bits per heavy atom. The molecule has 0 aliphatic heterocycles. The number of fused-ring (bicyclic) bond motifs is 1. The smallest absolute Gasteiger partial charge is 0.122 e. The minimum atomic E-state index is 0.805. The molecule has 0 aliphatic rings.